The Hall–Kier alpha value is -2.86. The maximum Gasteiger partial charge on any atom is 0.264 e. The lowest BCUT2D eigenvalue weighted by Gasteiger charge is -2.08. The molecule has 0 spiro atoms. The summed E-state index contributed by atoms with van der Waals surface area (Å²) < 4.78 is 10.9. The van der Waals surface area contributed by atoms with Crippen LogP contribution in [0.4, 0.5) is 5.13 Å². The van der Waals surface area contributed by atoms with Crippen LogP contribution in [0.5, 0.6) is 11.5 Å². The van der Waals surface area contributed by atoms with Crippen LogP contribution < -0.4 is 14.8 Å². The van der Waals surface area contributed by atoms with E-state index in [0.717, 1.165) is 38.6 Å². The third kappa shape index (κ3) is 4.70. The molecule has 5 nitrogen and oxygen atoms in total. The molecule has 146 valence electrons. The van der Waals surface area contributed by atoms with Crippen molar-refractivity contribution >= 4 is 22.4 Å². The third-order valence-corrected chi connectivity index (χ3v) is 5.16. The van der Waals surface area contributed by atoms with Crippen LogP contribution in [0.25, 0.3) is 11.3 Å². The van der Waals surface area contributed by atoms with E-state index in [2.05, 4.69) is 16.4 Å². The van der Waals surface area contributed by atoms with Gasteiger partial charge in [0.25, 0.3) is 5.91 Å². The number of aryl methyl sites for hydroxylation is 4. The first-order valence-electron chi connectivity index (χ1n) is 8.99. The molecule has 0 aliphatic carbocycles. The van der Waals surface area contributed by atoms with E-state index >= 15 is 0 Å². The summed E-state index contributed by atoms with van der Waals surface area (Å²) >= 11 is 1.45. The van der Waals surface area contributed by atoms with Crippen LogP contribution >= 0.6 is 11.3 Å². The number of aromatic nitrogens is 1. The van der Waals surface area contributed by atoms with Gasteiger partial charge < -0.3 is 9.47 Å². The molecule has 0 aliphatic heterocycles. The van der Waals surface area contributed by atoms with Gasteiger partial charge in [-0.2, -0.15) is 0 Å². The van der Waals surface area contributed by atoms with Gasteiger partial charge in [-0.3, -0.25) is 10.1 Å². The largest absolute Gasteiger partial charge is 0.496 e. The fourth-order valence-corrected chi connectivity index (χ4v) is 3.92. The molecule has 6 heteroatoms. The number of thiazole rings is 1. The first-order chi connectivity index (χ1) is 13.4. The highest BCUT2D eigenvalue weighted by Crippen LogP contribution is 2.32. The topological polar surface area (TPSA) is 60.5 Å². The Morgan fingerprint density at radius 1 is 1.07 bits per heavy atom. The summed E-state index contributed by atoms with van der Waals surface area (Å²) in [7, 11) is 1.66. The number of amides is 1. The van der Waals surface area contributed by atoms with Crippen LogP contribution in [0.1, 0.15) is 21.6 Å². The summed E-state index contributed by atoms with van der Waals surface area (Å²) in [4.78, 5) is 17.9. The summed E-state index contributed by atoms with van der Waals surface area (Å²) in [6.07, 6.45) is 0. The van der Waals surface area contributed by atoms with Gasteiger partial charge in [0.15, 0.2) is 11.7 Å². The second-order valence-corrected chi connectivity index (χ2v) is 7.97. The highest BCUT2D eigenvalue weighted by molar-refractivity contribution is 7.16. The molecule has 0 bridgehead atoms. The van der Waals surface area contributed by atoms with Gasteiger partial charge in [0, 0.05) is 10.4 Å². The van der Waals surface area contributed by atoms with E-state index in [9.17, 15) is 4.79 Å². The standard InChI is InChI=1S/C22H24N2O3S/c1-13-8-14(2)10-18(9-13)27-12-20(25)23-22-24-21(16(4)28-22)17-6-7-19(26-5)15(3)11-17/h6-11H,12H2,1-5H3,(H,23,24,25). The predicted molar refractivity (Wildman–Crippen MR) is 114 cm³/mol. The first-order valence-corrected chi connectivity index (χ1v) is 9.80. The minimum absolute atomic E-state index is 0.0570. The van der Waals surface area contributed by atoms with Gasteiger partial charge >= 0.3 is 0 Å². The molecule has 0 radical (unpaired) electrons. The van der Waals surface area contributed by atoms with Crippen molar-refractivity contribution in [1.29, 1.82) is 0 Å². The highest BCUT2D eigenvalue weighted by Gasteiger charge is 2.13. The fraction of sp³-hybridized carbons (Fsp3) is 0.273. The molecule has 1 aromatic heterocycles. The number of carbonyl (C=O) groups excluding carboxylic acids is 1. The quantitative estimate of drug-likeness (QED) is 0.632. The van der Waals surface area contributed by atoms with Crippen LogP contribution in [0.15, 0.2) is 36.4 Å². The summed E-state index contributed by atoms with van der Waals surface area (Å²) in [5.74, 6) is 1.30. The van der Waals surface area contributed by atoms with Crippen molar-refractivity contribution in [2.75, 3.05) is 19.0 Å². The van der Waals surface area contributed by atoms with Crippen molar-refractivity contribution in [3.8, 4) is 22.8 Å². The van der Waals surface area contributed by atoms with Crippen molar-refractivity contribution < 1.29 is 14.3 Å². The molecule has 28 heavy (non-hydrogen) atoms. The number of hydrogen-bond acceptors (Lipinski definition) is 5. The van der Waals surface area contributed by atoms with Crippen molar-refractivity contribution in [2.24, 2.45) is 0 Å². The minimum atomic E-state index is -0.231. The summed E-state index contributed by atoms with van der Waals surface area (Å²) in [6.45, 7) is 7.94. The van der Waals surface area contributed by atoms with E-state index < -0.39 is 0 Å². The second kappa shape index (κ2) is 8.44. The lowest BCUT2D eigenvalue weighted by molar-refractivity contribution is -0.118. The molecule has 2 aromatic carbocycles. The summed E-state index contributed by atoms with van der Waals surface area (Å²) in [5, 5.41) is 3.39. The minimum Gasteiger partial charge on any atom is -0.496 e. The molecule has 0 atom stereocenters. The number of nitrogens with zero attached hydrogens (tertiary/aromatic N) is 1. The lowest BCUT2D eigenvalue weighted by atomic mass is 10.1. The third-order valence-electron chi connectivity index (χ3n) is 4.28. The monoisotopic (exact) mass is 396 g/mol. The van der Waals surface area contributed by atoms with Crippen molar-refractivity contribution in [1.82, 2.24) is 4.98 Å². The SMILES string of the molecule is COc1ccc(-c2nc(NC(=O)COc3cc(C)cc(C)c3)sc2C)cc1C. The fourth-order valence-electron chi connectivity index (χ4n) is 3.06. The van der Waals surface area contributed by atoms with Crippen molar-refractivity contribution in [3.63, 3.8) is 0 Å². The van der Waals surface area contributed by atoms with Crippen LogP contribution in [-0.4, -0.2) is 24.6 Å². The smallest absolute Gasteiger partial charge is 0.264 e. The number of methoxy groups -OCH3 is 1. The van der Waals surface area contributed by atoms with Crippen molar-refractivity contribution in [3.05, 3.63) is 58.0 Å². The average molecular weight is 397 g/mol. The van der Waals surface area contributed by atoms with E-state index in [1.165, 1.54) is 11.3 Å². The molecule has 3 aromatic rings. The Balaban J connectivity index is 1.67. The van der Waals surface area contributed by atoms with Crippen LogP contribution in [0.2, 0.25) is 0 Å². The number of carbonyl (C=O) groups is 1. The molecular weight excluding hydrogens is 372 g/mol. The molecule has 0 aliphatic rings. The van der Waals surface area contributed by atoms with Crippen LogP contribution in [0.3, 0.4) is 0 Å². The van der Waals surface area contributed by atoms with E-state index in [0.29, 0.717) is 10.9 Å². The van der Waals surface area contributed by atoms with Gasteiger partial charge in [-0.1, -0.05) is 6.07 Å². The lowest BCUT2D eigenvalue weighted by Crippen LogP contribution is -2.20. The van der Waals surface area contributed by atoms with E-state index in [1.807, 2.05) is 58.0 Å². The molecule has 1 heterocycles. The van der Waals surface area contributed by atoms with Crippen LogP contribution in [-0.2, 0) is 4.79 Å². The second-order valence-electron chi connectivity index (χ2n) is 6.77. The zero-order valence-corrected chi connectivity index (χ0v) is 17.6. The van der Waals surface area contributed by atoms with Gasteiger partial charge in [0.05, 0.1) is 12.8 Å². The number of rotatable bonds is 6. The number of nitrogens with one attached hydrogen (secondary N) is 1. The number of ether oxygens (including phenoxy) is 2. The molecule has 1 N–H and O–H groups in total. The molecule has 0 saturated heterocycles. The van der Waals surface area contributed by atoms with Crippen LogP contribution in [0, 0.1) is 27.7 Å². The van der Waals surface area contributed by atoms with Crippen molar-refractivity contribution in [2.45, 2.75) is 27.7 Å². The Morgan fingerprint density at radius 3 is 2.43 bits per heavy atom. The number of anilines is 1. The zero-order valence-electron chi connectivity index (χ0n) is 16.8. The van der Waals surface area contributed by atoms with Gasteiger partial charge in [0.2, 0.25) is 0 Å². The van der Waals surface area contributed by atoms with Gasteiger partial charge in [-0.25, -0.2) is 4.98 Å². The number of hydrogen-bond donors (Lipinski definition) is 1. The molecule has 0 saturated carbocycles. The normalized spacial score (nSPS) is 10.6. The average Bonchev–Trinajstić information content (AvgIpc) is 2.99. The van der Waals surface area contributed by atoms with Gasteiger partial charge in [-0.05, 0) is 74.7 Å². The van der Waals surface area contributed by atoms with E-state index in [1.54, 1.807) is 7.11 Å². The summed E-state index contributed by atoms with van der Waals surface area (Å²) in [5.41, 5.74) is 5.11. The Kier molecular flexibility index (Phi) is 5.99. The number of benzene rings is 2. The van der Waals surface area contributed by atoms with Gasteiger partial charge in [-0.15, -0.1) is 11.3 Å². The van der Waals surface area contributed by atoms with E-state index in [-0.39, 0.29) is 12.5 Å². The maximum atomic E-state index is 12.3. The van der Waals surface area contributed by atoms with E-state index in [4.69, 9.17) is 9.47 Å². The first kappa shape index (κ1) is 19.9. The zero-order chi connectivity index (χ0) is 20.3. The Labute approximate surface area is 169 Å². The Morgan fingerprint density at radius 2 is 1.79 bits per heavy atom. The van der Waals surface area contributed by atoms with Gasteiger partial charge in [0.1, 0.15) is 11.5 Å². The summed E-state index contributed by atoms with van der Waals surface area (Å²) in [6, 6.07) is 11.8. The predicted octanol–water partition coefficient (Wildman–Crippen LogP) is 5.07. The molecule has 1 amide bonds. The molecular formula is C22H24N2O3S. The highest BCUT2D eigenvalue weighted by atomic mass is 32.1. The molecule has 0 fully saturated rings. The molecule has 3 rings (SSSR count). The molecule has 0 unspecified atom stereocenters. The maximum absolute atomic E-state index is 12.3. The Bertz CT molecular complexity index is 991.